The van der Waals surface area contributed by atoms with Crippen molar-refractivity contribution in [2.45, 2.75) is 12.4 Å². The Bertz CT molecular complexity index is 479. The molecule has 1 aromatic heterocycles. The van der Waals surface area contributed by atoms with Gasteiger partial charge in [-0.3, -0.25) is 0 Å². The quantitative estimate of drug-likeness (QED) is 0.633. The standard InChI is InChI=1S/C8HCl2F7O/c9-6(10)4(11)5-3(8(15,16)17)2(1-18-5)7(12,13)14/h1H. The van der Waals surface area contributed by atoms with Crippen LogP contribution in [0, 0.1) is 0 Å². The van der Waals surface area contributed by atoms with E-state index in [0.29, 0.717) is 0 Å². The predicted octanol–water partition coefficient (Wildman–Crippen LogP) is 5.39. The molecule has 102 valence electrons. The molecule has 0 saturated carbocycles. The molecule has 0 radical (unpaired) electrons. The van der Waals surface area contributed by atoms with Gasteiger partial charge in [-0.1, -0.05) is 23.2 Å². The second kappa shape index (κ2) is 4.65. The third kappa shape index (κ3) is 2.92. The summed E-state index contributed by atoms with van der Waals surface area (Å²) in [6.45, 7) is 0. The van der Waals surface area contributed by atoms with Gasteiger partial charge in [-0.2, -0.15) is 26.3 Å². The summed E-state index contributed by atoms with van der Waals surface area (Å²) in [5.41, 5.74) is -4.47. The van der Waals surface area contributed by atoms with E-state index in [1.54, 1.807) is 0 Å². The Balaban J connectivity index is 3.59. The first kappa shape index (κ1) is 15.2. The zero-order valence-corrected chi connectivity index (χ0v) is 9.40. The lowest BCUT2D eigenvalue weighted by atomic mass is 10.1. The van der Waals surface area contributed by atoms with Crippen molar-refractivity contribution in [3.63, 3.8) is 0 Å². The van der Waals surface area contributed by atoms with Crippen LogP contribution in [-0.2, 0) is 12.4 Å². The molecule has 1 rings (SSSR count). The fourth-order valence-corrected chi connectivity index (χ4v) is 1.27. The van der Waals surface area contributed by atoms with E-state index in [1.165, 1.54) is 0 Å². The summed E-state index contributed by atoms with van der Waals surface area (Å²) in [6, 6.07) is 0. The third-order valence-corrected chi connectivity index (χ3v) is 2.08. The van der Waals surface area contributed by atoms with Crippen LogP contribution >= 0.6 is 23.2 Å². The number of alkyl halides is 6. The number of rotatable bonds is 1. The first-order valence-electron chi connectivity index (χ1n) is 3.93. The van der Waals surface area contributed by atoms with Crippen LogP contribution in [-0.4, -0.2) is 0 Å². The second-order valence-corrected chi connectivity index (χ2v) is 3.87. The molecule has 1 aromatic rings. The Hall–Kier alpha value is -0.890. The van der Waals surface area contributed by atoms with Crippen LogP contribution in [0.25, 0.3) is 5.83 Å². The van der Waals surface area contributed by atoms with E-state index in [1.807, 2.05) is 0 Å². The highest BCUT2D eigenvalue weighted by Gasteiger charge is 2.48. The SMILES string of the molecule is FC(=C(Cl)Cl)c1occ(C(F)(F)F)c1C(F)(F)F. The van der Waals surface area contributed by atoms with Crippen LogP contribution < -0.4 is 0 Å². The van der Waals surface area contributed by atoms with Crippen LogP contribution in [0.2, 0.25) is 0 Å². The third-order valence-electron chi connectivity index (χ3n) is 1.75. The van der Waals surface area contributed by atoms with E-state index in [-0.39, 0.29) is 6.26 Å². The van der Waals surface area contributed by atoms with Crippen LogP contribution in [0.5, 0.6) is 0 Å². The molecule has 0 amide bonds. The highest BCUT2D eigenvalue weighted by molar-refractivity contribution is 6.58. The molecule has 0 atom stereocenters. The van der Waals surface area contributed by atoms with E-state index in [4.69, 9.17) is 23.2 Å². The fourth-order valence-electron chi connectivity index (χ4n) is 1.10. The van der Waals surface area contributed by atoms with Crippen molar-refractivity contribution < 1.29 is 35.2 Å². The van der Waals surface area contributed by atoms with Gasteiger partial charge in [-0.05, 0) is 0 Å². The van der Waals surface area contributed by atoms with Gasteiger partial charge in [0.05, 0.1) is 0 Å². The molecule has 0 N–H and O–H groups in total. The normalized spacial score (nSPS) is 12.7. The lowest BCUT2D eigenvalue weighted by molar-refractivity contribution is -0.161. The number of furan rings is 1. The molecule has 18 heavy (non-hydrogen) atoms. The van der Waals surface area contributed by atoms with Gasteiger partial charge < -0.3 is 4.42 Å². The molecule has 1 heterocycles. The highest BCUT2D eigenvalue weighted by atomic mass is 35.5. The van der Waals surface area contributed by atoms with Crippen LogP contribution in [0.1, 0.15) is 16.9 Å². The average Bonchev–Trinajstić information content (AvgIpc) is 2.58. The minimum absolute atomic E-state index is 0.256. The van der Waals surface area contributed by atoms with E-state index in [0.717, 1.165) is 0 Å². The Labute approximate surface area is 105 Å². The van der Waals surface area contributed by atoms with Crippen molar-refractivity contribution in [1.82, 2.24) is 0 Å². The van der Waals surface area contributed by atoms with Crippen LogP contribution in [0.4, 0.5) is 30.7 Å². The van der Waals surface area contributed by atoms with Gasteiger partial charge in [0.25, 0.3) is 0 Å². The van der Waals surface area contributed by atoms with Crippen LogP contribution in [0.15, 0.2) is 15.2 Å². The minimum Gasteiger partial charge on any atom is -0.461 e. The van der Waals surface area contributed by atoms with Crippen LogP contribution in [0.3, 0.4) is 0 Å². The van der Waals surface area contributed by atoms with Gasteiger partial charge in [0.15, 0.2) is 11.6 Å². The van der Waals surface area contributed by atoms with E-state index in [9.17, 15) is 30.7 Å². The molecule has 0 fully saturated rings. The fraction of sp³-hybridized carbons (Fsp3) is 0.250. The lowest BCUT2D eigenvalue weighted by Gasteiger charge is -2.10. The molecule has 0 aliphatic heterocycles. The first-order chi connectivity index (χ1) is 7.96. The number of hydrogen-bond donors (Lipinski definition) is 0. The summed E-state index contributed by atoms with van der Waals surface area (Å²) in [5, 5.41) is 0. The molecular formula is C8HCl2F7O. The Morgan fingerprint density at radius 3 is 1.83 bits per heavy atom. The summed E-state index contributed by atoms with van der Waals surface area (Å²) >= 11 is 9.74. The Morgan fingerprint density at radius 2 is 1.50 bits per heavy atom. The molecule has 0 unspecified atom stereocenters. The molecule has 0 aliphatic carbocycles. The zero-order valence-electron chi connectivity index (χ0n) is 7.89. The smallest absolute Gasteiger partial charge is 0.420 e. The van der Waals surface area contributed by atoms with Crippen molar-refractivity contribution in [2.24, 2.45) is 0 Å². The molecule has 0 bridgehead atoms. The Kier molecular flexibility index (Phi) is 3.92. The lowest BCUT2D eigenvalue weighted by Crippen LogP contribution is -2.15. The molecule has 0 aliphatic rings. The first-order valence-corrected chi connectivity index (χ1v) is 4.69. The number of halogens is 9. The van der Waals surface area contributed by atoms with E-state index < -0.39 is 39.6 Å². The summed E-state index contributed by atoms with van der Waals surface area (Å²) in [5.74, 6) is -3.64. The van der Waals surface area contributed by atoms with Crippen molar-refractivity contribution in [3.8, 4) is 0 Å². The van der Waals surface area contributed by atoms with Gasteiger partial charge in [0.2, 0.25) is 0 Å². The van der Waals surface area contributed by atoms with Gasteiger partial charge >= 0.3 is 12.4 Å². The minimum atomic E-state index is -5.48. The second-order valence-electron chi connectivity index (χ2n) is 2.92. The highest BCUT2D eigenvalue weighted by Crippen LogP contribution is 2.46. The molecule has 1 nitrogen and oxygen atoms in total. The summed E-state index contributed by atoms with van der Waals surface area (Å²) < 4.78 is 90.0. The van der Waals surface area contributed by atoms with Crippen molar-refractivity contribution in [2.75, 3.05) is 0 Å². The van der Waals surface area contributed by atoms with Gasteiger partial charge in [0, 0.05) is 0 Å². The average molecular weight is 317 g/mol. The van der Waals surface area contributed by atoms with Gasteiger partial charge in [-0.25, -0.2) is 4.39 Å². The largest absolute Gasteiger partial charge is 0.461 e. The maximum absolute atomic E-state index is 13.1. The summed E-state index contributed by atoms with van der Waals surface area (Å²) in [6.07, 6.45) is -11.1. The molecule has 0 spiro atoms. The predicted molar refractivity (Wildman–Crippen MR) is 48.4 cm³/mol. The van der Waals surface area contributed by atoms with E-state index in [2.05, 4.69) is 4.42 Å². The van der Waals surface area contributed by atoms with Gasteiger partial charge in [0.1, 0.15) is 21.9 Å². The maximum Gasteiger partial charge on any atom is 0.420 e. The maximum atomic E-state index is 13.1. The van der Waals surface area contributed by atoms with Crippen molar-refractivity contribution in [3.05, 3.63) is 27.6 Å². The monoisotopic (exact) mass is 316 g/mol. The van der Waals surface area contributed by atoms with E-state index >= 15 is 0 Å². The molecular weight excluding hydrogens is 316 g/mol. The van der Waals surface area contributed by atoms with Crippen molar-refractivity contribution >= 4 is 29.0 Å². The number of hydrogen-bond acceptors (Lipinski definition) is 1. The molecule has 0 saturated heterocycles. The summed E-state index contributed by atoms with van der Waals surface area (Å²) in [7, 11) is 0. The molecule has 0 aromatic carbocycles. The van der Waals surface area contributed by atoms with Crippen molar-refractivity contribution in [1.29, 1.82) is 0 Å². The zero-order chi connectivity index (χ0) is 14.3. The van der Waals surface area contributed by atoms with Gasteiger partial charge in [-0.15, -0.1) is 0 Å². The summed E-state index contributed by atoms with van der Waals surface area (Å²) in [4.78, 5) is 0. The Morgan fingerprint density at radius 1 is 1.00 bits per heavy atom. The molecule has 10 heteroatoms. The topological polar surface area (TPSA) is 13.1 Å².